The molecule has 1 aromatic rings. The zero-order chi connectivity index (χ0) is 15.5. The first kappa shape index (κ1) is 16.5. The smallest absolute Gasteiger partial charge is 0.325 e. The van der Waals surface area contributed by atoms with Gasteiger partial charge in [-0.3, -0.25) is 9.79 Å². The molecule has 0 fully saturated rings. The number of nitrogens with one attached hydrogen (secondary N) is 1. The van der Waals surface area contributed by atoms with Crippen LogP contribution in [-0.2, 0) is 11.0 Å². The monoisotopic (exact) mass is 354 g/mol. The van der Waals surface area contributed by atoms with Crippen molar-refractivity contribution in [3.05, 3.63) is 28.8 Å². The number of anilines is 1. The molecule has 21 heavy (non-hydrogen) atoms. The fourth-order valence-electron chi connectivity index (χ4n) is 1.55. The van der Waals surface area contributed by atoms with Crippen LogP contribution < -0.4 is 5.32 Å². The Labute approximate surface area is 132 Å². The minimum absolute atomic E-state index is 0.0679. The number of halogens is 4. The van der Waals surface area contributed by atoms with E-state index in [1.54, 1.807) is 11.8 Å². The van der Waals surface area contributed by atoms with Gasteiger partial charge in [0.2, 0.25) is 5.91 Å². The molecule has 1 aliphatic heterocycles. The summed E-state index contributed by atoms with van der Waals surface area (Å²) in [6.07, 6.45) is -4.55. The molecule has 2 rings (SSSR count). The first-order valence-electron chi connectivity index (χ1n) is 5.83. The first-order valence-corrected chi connectivity index (χ1v) is 8.18. The van der Waals surface area contributed by atoms with Crippen LogP contribution in [0, 0.1) is 0 Å². The molecule has 0 saturated heterocycles. The van der Waals surface area contributed by atoms with Gasteiger partial charge in [0.05, 0.1) is 22.9 Å². The van der Waals surface area contributed by atoms with Gasteiger partial charge in [-0.05, 0) is 18.2 Å². The molecule has 1 aliphatic rings. The van der Waals surface area contributed by atoms with Crippen LogP contribution in [0.3, 0.4) is 0 Å². The number of benzene rings is 1. The number of nitrogens with zero attached hydrogens (tertiary/aromatic N) is 1. The maximum Gasteiger partial charge on any atom is 0.417 e. The lowest BCUT2D eigenvalue weighted by atomic mass is 10.2. The second-order valence-corrected chi connectivity index (χ2v) is 6.74. The highest BCUT2D eigenvalue weighted by Gasteiger charge is 2.33. The van der Waals surface area contributed by atoms with E-state index in [1.165, 1.54) is 17.8 Å². The Morgan fingerprint density at radius 1 is 1.48 bits per heavy atom. The number of amides is 1. The number of alkyl halides is 3. The lowest BCUT2D eigenvalue weighted by molar-refractivity contribution is -0.137. The van der Waals surface area contributed by atoms with E-state index in [0.29, 0.717) is 0 Å². The summed E-state index contributed by atoms with van der Waals surface area (Å²) < 4.78 is 38.9. The summed E-state index contributed by atoms with van der Waals surface area (Å²) in [5.74, 6) is 0.622. The average molecular weight is 355 g/mol. The van der Waals surface area contributed by atoms with Crippen molar-refractivity contribution in [3.63, 3.8) is 0 Å². The molecule has 0 aromatic heterocycles. The molecule has 0 bridgehead atoms. The van der Waals surface area contributed by atoms with Crippen LogP contribution >= 0.6 is 35.1 Å². The van der Waals surface area contributed by atoms with Gasteiger partial charge in [0.1, 0.15) is 4.38 Å². The van der Waals surface area contributed by atoms with E-state index in [2.05, 4.69) is 10.3 Å². The van der Waals surface area contributed by atoms with Gasteiger partial charge in [-0.1, -0.05) is 35.1 Å². The highest BCUT2D eigenvalue weighted by Crippen LogP contribution is 2.36. The number of carbonyl (C=O) groups is 1. The lowest BCUT2D eigenvalue weighted by Crippen LogP contribution is -2.15. The predicted molar refractivity (Wildman–Crippen MR) is 82.3 cm³/mol. The van der Waals surface area contributed by atoms with E-state index in [9.17, 15) is 18.0 Å². The highest BCUT2D eigenvalue weighted by molar-refractivity contribution is 8.39. The van der Waals surface area contributed by atoms with Gasteiger partial charge < -0.3 is 5.32 Å². The Bertz CT molecular complexity index is 578. The summed E-state index contributed by atoms with van der Waals surface area (Å²) in [6, 6.07) is 3.28. The van der Waals surface area contributed by atoms with Crippen LogP contribution in [0.2, 0.25) is 5.02 Å². The quantitative estimate of drug-likeness (QED) is 0.887. The summed E-state index contributed by atoms with van der Waals surface area (Å²) in [6.45, 7) is 0.737. The summed E-state index contributed by atoms with van der Waals surface area (Å²) in [5, 5.41) is 2.03. The van der Waals surface area contributed by atoms with Crippen molar-refractivity contribution in [1.29, 1.82) is 0 Å². The van der Waals surface area contributed by atoms with Gasteiger partial charge in [0, 0.05) is 11.4 Å². The van der Waals surface area contributed by atoms with E-state index in [-0.39, 0.29) is 17.3 Å². The first-order chi connectivity index (χ1) is 9.86. The van der Waals surface area contributed by atoms with Crippen molar-refractivity contribution in [2.24, 2.45) is 4.99 Å². The molecule has 0 atom stereocenters. The Morgan fingerprint density at radius 3 is 2.86 bits per heavy atom. The third kappa shape index (κ3) is 4.82. The standard InChI is InChI=1S/C12H10ClF3N2OS2/c13-9-2-1-7(5-8(9)12(14,15)16)18-10(19)6-21-11-17-3-4-20-11/h1-2,5H,3-4,6H2,(H,18,19). The van der Waals surface area contributed by atoms with Crippen LogP contribution in [0.1, 0.15) is 5.56 Å². The maximum absolute atomic E-state index is 12.7. The summed E-state index contributed by atoms with van der Waals surface area (Å²) in [7, 11) is 0. The molecule has 0 unspecified atom stereocenters. The Morgan fingerprint density at radius 2 is 2.24 bits per heavy atom. The van der Waals surface area contributed by atoms with Crippen LogP contribution in [-0.4, -0.2) is 28.3 Å². The maximum atomic E-state index is 12.7. The zero-order valence-electron chi connectivity index (χ0n) is 10.5. The van der Waals surface area contributed by atoms with Crippen LogP contribution in [0.25, 0.3) is 0 Å². The second kappa shape index (κ2) is 6.93. The minimum Gasteiger partial charge on any atom is -0.325 e. The van der Waals surface area contributed by atoms with Gasteiger partial charge in [-0.15, -0.1) is 0 Å². The topological polar surface area (TPSA) is 41.5 Å². The fourth-order valence-corrected chi connectivity index (χ4v) is 3.58. The summed E-state index contributed by atoms with van der Waals surface area (Å²) in [4.78, 5) is 15.9. The van der Waals surface area contributed by atoms with E-state index in [1.807, 2.05) is 0 Å². The Kier molecular flexibility index (Phi) is 5.45. The normalized spacial score (nSPS) is 15.0. The predicted octanol–water partition coefficient (Wildman–Crippen LogP) is 4.13. The third-order valence-electron chi connectivity index (χ3n) is 2.44. The molecule has 0 radical (unpaired) electrons. The van der Waals surface area contributed by atoms with Gasteiger partial charge in [-0.25, -0.2) is 0 Å². The van der Waals surface area contributed by atoms with E-state index >= 15 is 0 Å². The molecule has 0 aliphatic carbocycles. The molecule has 114 valence electrons. The third-order valence-corrected chi connectivity index (χ3v) is 5.02. The van der Waals surface area contributed by atoms with Gasteiger partial charge in [-0.2, -0.15) is 13.2 Å². The van der Waals surface area contributed by atoms with Gasteiger partial charge >= 0.3 is 6.18 Å². The van der Waals surface area contributed by atoms with Crippen molar-refractivity contribution >= 4 is 51.1 Å². The van der Waals surface area contributed by atoms with Crippen LogP contribution in [0.5, 0.6) is 0 Å². The molecule has 1 amide bonds. The van der Waals surface area contributed by atoms with Crippen molar-refractivity contribution < 1.29 is 18.0 Å². The summed E-state index contributed by atoms with van der Waals surface area (Å²) in [5.41, 5.74) is -0.899. The molecule has 0 saturated carbocycles. The Hall–Kier alpha value is -0.860. The molecule has 3 nitrogen and oxygen atoms in total. The number of hydrogen-bond donors (Lipinski definition) is 1. The van der Waals surface area contributed by atoms with Crippen LogP contribution in [0.15, 0.2) is 23.2 Å². The zero-order valence-corrected chi connectivity index (χ0v) is 12.9. The number of aliphatic imine (C=N–C) groups is 1. The highest BCUT2D eigenvalue weighted by atomic mass is 35.5. The van der Waals surface area contributed by atoms with E-state index < -0.39 is 16.8 Å². The minimum atomic E-state index is -4.55. The largest absolute Gasteiger partial charge is 0.417 e. The SMILES string of the molecule is O=C(CSC1=NCCS1)Nc1ccc(Cl)c(C(F)(F)F)c1. The number of rotatable bonds is 3. The molecule has 9 heteroatoms. The molecular formula is C12H10ClF3N2OS2. The molecule has 1 N–H and O–H groups in total. The fraction of sp³-hybridized carbons (Fsp3) is 0.333. The number of hydrogen-bond acceptors (Lipinski definition) is 4. The molecule has 1 aromatic carbocycles. The second-order valence-electron chi connectivity index (χ2n) is 4.03. The van der Waals surface area contributed by atoms with Gasteiger partial charge in [0.25, 0.3) is 0 Å². The lowest BCUT2D eigenvalue weighted by Gasteiger charge is -2.11. The molecule has 0 spiro atoms. The Balaban J connectivity index is 1.97. The van der Waals surface area contributed by atoms with E-state index in [0.717, 1.165) is 28.8 Å². The van der Waals surface area contributed by atoms with Crippen molar-refractivity contribution in [2.45, 2.75) is 6.18 Å². The summed E-state index contributed by atoms with van der Waals surface area (Å²) >= 11 is 8.35. The van der Waals surface area contributed by atoms with Crippen molar-refractivity contribution in [3.8, 4) is 0 Å². The number of thioether (sulfide) groups is 2. The molecular weight excluding hydrogens is 345 g/mol. The van der Waals surface area contributed by atoms with Crippen molar-refractivity contribution in [1.82, 2.24) is 0 Å². The average Bonchev–Trinajstić information content (AvgIpc) is 2.90. The van der Waals surface area contributed by atoms with Gasteiger partial charge in [0.15, 0.2) is 0 Å². The number of carbonyl (C=O) groups excluding carboxylic acids is 1. The van der Waals surface area contributed by atoms with E-state index in [4.69, 9.17) is 11.6 Å². The van der Waals surface area contributed by atoms with Crippen LogP contribution in [0.4, 0.5) is 18.9 Å². The van der Waals surface area contributed by atoms with Crippen molar-refractivity contribution in [2.75, 3.05) is 23.4 Å². The molecule has 1 heterocycles.